The maximum absolute atomic E-state index is 12.1. The third-order valence-corrected chi connectivity index (χ3v) is 3.99. The molecule has 126 valence electrons. The van der Waals surface area contributed by atoms with Gasteiger partial charge in [0.2, 0.25) is 0 Å². The Balaban J connectivity index is 1.57. The van der Waals surface area contributed by atoms with Crippen LogP contribution >= 0.6 is 0 Å². The second-order valence-electron chi connectivity index (χ2n) is 6.05. The predicted molar refractivity (Wildman–Crippen MR) is 102 cm³/mol. The summed E-state index contributed by atoms with van der Waals surface area (Å²) in [4.78, 5) is 12.1. The Hall–Kier alpha value is -3.07. The number of hydrogen-bond donors (Lipinski definition) is 1. The molecular weight excluding hydrogens is 310 g/mol. The van der Waals surface area contributed by atoms with E-state index in [9.17, 15) is 4.79 Å². The molecule has 0 fully saturated rings. The zero-order valence-electron chi connectivity index (χ0n) is 14.5. The molecule has 0 aliphatic heterocycles. The molecule has 0 bridgehead atoms. The summed E-state index contributed by atoms with van der Waals surface area (Å²) in [6.45, 7) is 3.99. The molecule has 0 atom stereocenters. The summed E-state index contributed by atoms with van der Waals surface area (Å²) in [7, 11) is 0. The fraction of sp³-hybridized carbons (Fsp3) is 0.136. The highest BCUT2D eigenvalue weighted by Gasteiger charge is 2.06. The SMILES string of the molecule is Cc1ccc(NC(=O)COc2ccc(-c3ccccc3)cc2)c(C)c1. The number of hydrogen-bond acceptors (Lipinski definition) is 2. The van der Waals surface area contributed by atoms with E-state index in [1.165, 1.54) is 5.56 Å². The Labute approximate surface area is 148 Å². The Morgan fingerprint density at radius 3 is 2.24 bits per heavy atom. The van der Waals surface area contributed by atoms with Gasteiger partial charge in [-0.25, -0.2) is 0 Å². The van der Waals surface area contributed by atoms with Gasteiger partial charge in [0.25, 0.3) is 5.91 Å². The molecule has 25 heavy (non-hydrogen) atoms. The number of rotatable bonds is 5. The molecule has 0 heterocycles. The Morgan fingerprint density at radius 2 is 1.56 bits per heavy atom. The number of carbonyl (C=O) groups excluding carboxylic acids is 1. The molecule has 0 unspecified atom stereocenters. The van der Waals surface area contributed by atoms with Crippen molar-refractivity contribution >= 4 is 11.6 Å². The second kappa shape index (κ2) is 7.67. The minimum atomic E-state index is -0.168. The van der Waals surface area contributed by atoms with Gasteiger partial charge in [0.1, 0.15) is 5.75 Å². The van der Waals surface area contributed by atoms with Gasteiger partial charge in [-0.15, -0.1) is 0 Å². The summed E-state index contributed by atoms with van der Waals surface area (Å²) >= 11 is 0. The summed E-state index contributed by atoms with van der Waals surface area (Å²) in [5, 5.41) is 2.88. The van der Waals surface area contributed by atoms with Gasteiger partial charge in [0.15, 0.2) is 6.61 Å². The molecule has 0 aromatic heterocycles. The van der Waals surface area contributed by atoms with Crippen molar-refractivity contribution in [3.63, 3.8) is 0 Å². The lowest BCUT2D eigenvalue weighted by atomic mass is 10.1. The first-order valence-corrected chi connectivity index (χ1v) is 8.27. The van der Waals surface area contributed by atoms with Crippen molar-refractivity contribution in [3.05, 3.63) is 83.9 Å². The minimum Gasteiger partial charge on any atom is -0.484 e. The van der Waals surface area contributed by atoms with Gasteiger partial charge in [-0.05, 0) is 48.7 Å². The van der Waals surface area contributed by atoms with Crippen LogP contribution in [0, 0.1) is 13.8 Å². The fourth-order valence-electron chi connectivity index (χ4n) is 2.66. The van der Waals surface area contributed by atoms with Crippen LogP contribution in [-0.2, 0) is 4.79 Å². The van der Waals surface area contributed by atoms with E-state index in [0.29, 0.717) is 5.75 Å². The Bertz CT molecular complexity index is 855. The largest absolute Gasteiger partial charge is 0.484 e. The van der Waals surface area contributed by atoms with Crippen molar-refractivity contribution in [1.29, 1.82) is 0 Å². The van der Waals surface area contributed by atoms with E-state index in [1.807, 2.05) is 74.5 Å². The average Bonchev–Trinajstić information content (AvgIpc) is 2.63. The molecule has 0 spiro atoms. The van der Waals surface area contributed by atoms with Crippen molar-refractivity contribution in [2.75, 3.05) is 11.9 Å². The number of amides is 1. The molecular formula is C22H21NO2. The molecule has 0 aliphatic carbocycles. The lowest BCUT2D eigenvalue weighted by molar-refractivity contribution is -0.118. The number of nitrogens with one attached hydrogen (secondary N) is 1. The van der Waals surface area contributed by atoms with Crippen LogP contribution < -0.4 is 10.1 Å². The zero-order valence-corrected chi connectivity index (χ0v) is 14.5. The standard InChI is InChI=1S/C22H21NO2/c1-16-8-13-21(17(2)14-16)23-22(24)15-25-20-11-9-19(10-12-20)18-6-4-3-5-7-18/h3-14H,15H2,1-2H3,(H,23,24). The first-order valence-electron chi connectivity index (χ1n) is 8.27. The highest BCUT2D eigenvalue weighted by Crippen LogP contribution is 2.22. The highest BCUT2D eigenvalue weighted by molar-refractivity contribution is 5.92. The molecule has 3 nitrogen and oxygen atoms in total. The van der Waals surface area contributed by atoms with Crippen molar-refractivity contribution in [3.8, 4) is 16.9 Å². The average molecular weight is 331 g/mol. The van der Waals surface area contributed by atoms with Gasteiger partial charge in [-0.1, -0.05) is 60.2 Å². The summed E-state index contributed by atoms with van der Waals surface area (Å²) in [5.41, 5.74) is 5.30. The van der Waals surface area contributed by atoms with Crippen LogP contribution in [0.3, 0.4) is 0 Å². The van der Waals surface area contributed by atoms with Crippen LogP contribution in [0.25, 0.3) is 11.1 Å². The van der Waals surface area contributed by atoms with Crippen LogP contribution in [0.15, 0.2) is 72.8 Å². The van der Waals surface area contributed by atoms with Crippen molar-refractivity contribution in [2.45, 2.75) is 13.8 Å². The van der Waals surface area contributed by atoms with Crippen LogP contribution in [0.5, 0.6) is 5.75 Å². The van der Waals surface area contributed by atoms with Crippen LogP contribution in [0.1, 0.15) is 11.1 Å². The molecule has 1 amide bonds. The third kappa shape index (κ3) is 4.48. The maximum atomic E-state index is 12.1. The number of ether oxygens (including phenoxy) is 1. The van der Waals surface area contributed by atoms with E-state index in [2.05, 4.69) is 17.4 Å². The van der Waals surface area contributed by atoms with E-state index >= 15 is 0 Å². The first-order chi connectivity index (χ1) is 12.1. The third-order valence-electron chi connectivity index (χ3n) is 3.99. The number of benzene rings is 3. The molecule has 0 radical (unpaired) electrons. The summed E-state index contributed by atoms with van der Waals surface area (Å²) in [6, 6.07) is 23.8. The van der Waals surface area contributed by atoms with Gasteiger partial charge >= 0.3 is 0 Å². The quantitative estimate of drug-likeness (QED) is 0.715. The van der Waals surface area contributed by atoms with Crippen LogP contribution in [-0.4, -0.2) is 12.5 Å². The van der Waals surface area contributed by atoms with E-state index in [0.717, 1.165) is 22.4 Å². The van der Waals surface area contributed by atoms with E-state index < -0.39 is 0 Å². The second-order valence-corrected chi connectivity index (χ2v) is 6.05. The molecule has 3 heteroatoms. The molecule has 0 aliphatic rings. The molecule has 0 saturated heterocycles. The Morgan fingerprint density at radius 1 is 0.880 bits per heavy atom. The molecule has 1 N–H and O–H groups in total. The van der Waals surface area contributed by atoms with Gasteiger partial charge in [0, 0.05) is 5.69 Å². The normalized spacial score (nSPS) is 10.3. The van der Waals surface area contributed by atoms with Gasteiger partial charge in [-0.2, -0.15) is 0 Å². The smallest absolute Gasteiger partial charge is 0.262 e. The molecule has 3 aromatic rings. The first kappa shape index (κ1) is 16.8. The summed E-state index contributed by atoms with van der Waals surface area (Å²) in [5.74, 6) is 0.509. The highest BCUT2D eigenvalue weighted by atomic mass is 16.5. The van der Waals surface area contributed by atoms with E-state index in [4.69, 9.17) is 4.74 Å². The molecule has 3 aromatic carbocycles. The van der Waals surface area contributed by atoms with Crippen molar-refractivity contribution < 1.29 is 9.53 Å². The predicted octanol–water partition coefficient (Wildman–Crippen LogP) is 4.99. The summed E-state index contributed by atoms with van der Waals surface area (Å²) < 4.78 is 5.58. The summed E-state index contributed by atoms with van der Waals surface area (Å²) in [6.07, 6.45) is 0. The Kier molecular flexibility index (Phi) is 5.14. The minimum absolute atomic E-state index is 0.0159. The molecule has 0 saturated carbocycles. The number of anilines is 1. The van der Waals surface area contributed by atoms with Crippen molar-refractivity contribution in [1.82, 2.24) is 0 Å². The van der Waals surface area contributed by atoms with Gasteiger partial charge in [-0.3, -0.25) is 4.79 Å². The fourth-order valence-corrected chi connectivity index (χ4v) is 2.66. The zero-order chi connectivity index (χ0) is 17.6. The number of carbonyl (C=O) groups is 1. The van der Waals surface area contributed by atoms with Crippen molar-refractivity contribution in [2.24, 2.45) is 0 Å². The monoisotopic (exact) mass is 331 g/mol. The van der Waals surface area contributed by atoms with Crippen LogP contribution in [0.2, 0.25) is 0 Å². The lowest BCUT2D eigenvalue weighted by Crippen LogP contribution is -2.20. The van der Waals surface area contributed by atoms with Crippen LogP contribution in [0.4, 0.5) is 5.69 Å². The topological polar surface area (TPSA) is 38.3 Å². The van der Waals surface area contributed by atoms with Gasteiger partial charge < -0.3 is 10.1 Å². The lowest BCUT2D eigenvalue weighted by Gasteiger charge is -2.10. The van der Waals surface area contributed by atoms with E-state index in [-0.39, 0.29) is 12.5 Å². The van der Waals surface area contributed by atoms with Gasteiger partial charge in [0.05, 0.1) is 0 Å². The maximum Gasteiger partial charge on any atom is 0.262 e. The van der Waals surface area contributed by atoms with E-state index in [1.54, 1.807) is 0 Å². The number of aryl methyl sites for hydroxylation is 2. The molecule has 3 rings (SSSR count).